The van der Waals surface area contributed by atoms with Crippen molar-refractivity contribution in [3.05, 3.63) is 47.0 Å². The van der Waals surface area contributed by atoms with Crippen LogP contribution in [0, 0.1) is 13.8 Å². The first-order valence-corrected chi connectivity index (χ1v) is 8.32. The van der Waals surface area contributed by atoms with Crippen LogP contribution in [0.1, 0.15) is 48.6 Å². The van der Waals surface area contributed by atoms with Gasteiger partial charge in [0.05, 0.1) is 24.0 Å². The number of carbonyl (C=O) groups is 1. The van der Waals surface area contributed by atoms with Gasteiger partial charge in [-0.25, -0.2) is 9.97 Å². The Hall–Kier alpha value is -2.50. The molecule has 24 heavy (non-hydrogen) atoms. The van der Waals surface area contributed by atoms with Crippen molar-refractivity contribution >= 4 is 11.9 Å². The molecule has 1 saturated heterocycles. The minimum atomic E-state index is -0.0478. The fourth-order valence-corrected chi connectivity index (χ4v) is 3.15. The van der Waals surface area contributed by atoms with Crippen LogP contribution in [0.15, 0.2) is 24.3 Å². The van der Waals surface area contributed by atoms with E-state index < -0.39 is 0 Å². The Bertz CT molecular complexity index is 726. The number of rotatable bonds is 4. The lowest BCUT2D eigenvalue weighted by atomic mass is 10.1. The van der Waals surface area contributed by atoms with Gasteiger partial charge in [0.1, 0.15) is 0 Å². The molecular weight excluding hydrogens is 302 g/mol. The van der Waals surface area contributed by atoms with Gasteiger partial charge in [-0.1, -0.05) is 6.07 Å². The van der Waals surface area contributed by atoms with Gasteiger partial charge in [0.15, 0.2) is 0 Å². The highest BCUT2D eigenvalue weighted by molar-refractivity contribution is 5.72. The number of nitrogens with zero attached hydrogens (tertiary/aromatic N) is 4. The molecule has 1 aliphatic heterocycles. The maximum Gasteiger partial charge on any atom is 0.226 e. The van der Waals surface area contributed by atoms with Crippen molar-refractivity contribution in [2.45, 2.75) is 46.2 Å². The zero-order chi connectivity index (χ0) is 17.1. The van der Waals surface area contributed by atoms with E-state index in [0.717, 1.165) is 48.1 Å². The molecule has 0 aliphatic carbocycles. The summed E-state index contributed by atoms with van der Waals surface area (Å²) in [5.74, 6) is 0.734. The molecule has 1 aliphatic rings. The molecule has 0 unspecified atom stereocenters. The average molecular weight is 325 g/mol. The lowest BCUT2D eigenvalue weighted by Crippen LogP contribution is -2.26. The molecule has 2 aromatic rings. The molecule has 0 bridgehead atoms. The van der Waals surface area contributed by atoms with E-state index in [1.807, 2.05) is 38.1 Å². The minimum Gasteiger partial charge on any atom is -0.351 e. The third kappa shape index (κ3) is 3.69. The van der Waals surface area contributed by atoms with Crippen LogP contribution in [0.4, 0.5) is 5.95 Å². The van der Waals surface area contributed by atoms with Crippen molar-refractivity contribution in [1.29, 1.82) is 0 Å². The van der Waals surface area contributed by atoms with Gasteiger partial charge in [0.25, 0.3) is 0 Å². The van der Waals surface area contributed by atoms with Crippen LogP contribution in [-0.2, 0) is 11.3 Å². The lowest BCUT2D eigenvalue weighted by molar-refractivity contribution is -0.119. The van der Waals surface area contributed by atoms with E-state index in [1.165, 1.54) is 6.92 Å². The minimum absolute atomic E-state index is 0.0478. The first-order chi connectivity index (χ1) is 11.5. The highest BCUT2D eigenvalue weighted by atomic mass is 16.1. The maximum atomic E-state index is 11.1. The Balaban J connectivity index is 1.85. The molecular formula is C18H23N5O. The quantitative estimate of drug-likeness (QED) is 0.935. The summed E-state index contributed by atoms with van der Waals surface area (Å²) in [6.45, 7) is 6.90. The van der Waals surface area contributed by atoms with Crippen LogP contribution in [0.5, 0.6) is 0 Å². The molecule has 0 saturated carbocycles. The average Bonchev–Trinajstić information content (AvgIpc) is 3.02. The number of hydrogen-bond donors (Lipinski definition) is 1. The van der Waals surface area contributed by atoms with E-state index in [0.29, 0.717) is 6.54 Å². The number of carbonyl (C=O) groups excluding carboxylic acids is 1. The van der Waals surface area contributed by atoms with Gasteiger partial charge >= 0.3 is 0 Å². The van der Waals surface area contributed by atoms with Gasteiger partial charge in [-0.2, -0.15) is 0 Å². The van der Waals surface area contributed by atoms with E-state index in [1.54, 1.807) is 0 Å². The molecule has 1 amide bonds. The molecule has 3 rings (SSSR count). The smallest absolute Gasteiger partial charge is 0.226 e. The first kappa shape index (κ1) is 16.4. The summed E-state index contributed by atoms with van der Waals surface area (Å²) in [5.41, 5.74) is 3.85. The predicted molar refractivity (Wildman–Crippen MR) is 92.6 cm³/mol. The van der Waals surface area contributed by atoms with E-state index in [4.69, 9.17) is 4.98 Å². The van der Waals surface area contributed by atoms with Gasteiger partial charge in [-0.05, 0) is 44.9 Å². The molecule has 0 spiro atoms. The number of pyridine rings is 1. The van der Waals surface area contributed by atoms with Crippen molar-refractivity contribution in [3.8, 4) is 0 Å². The van der Waals surface area contributed by atoms with Crippen molar-refractivity contribution in [3.63, 3.8) is 0 Å². The topological polar surface area (TPSA) is 71.0 Å². The van der Waals surface area contributed by atoms with E-state index in [2.05, 4.69) is 20.2 Å². The molecule has 2 aromatic heterocycles. The summed E-state index contributed by atoms with van der Waals surface area (Å²) >= 11 is 0. The van der Waals surface area contributed by atoms with Gasteiger partial charge in [0, 0.05) is 24.9 Å². The fraction of sp³-hybridized carbons (Fsp3) is 0.444. The standard InChI is InChI=1S/C18H23N5O/c1-12-10-13(2)21-18(20-12)23-9-5-8-17(23)16-7-4-6-15(22-16)11-19-14(3)24/h4,6-7,10,17H,5,8-9,11H2,1-3H3,(H,19,24)/t17-/m0/s1. The molecule has 0 radical (unpaired) electrons. The van der Waals surface area contributed by atoms with Crippen molar-refractivity contribution in [1.82, 2.24) is 20.3 Å². The van der Waals surface area contributed by atoms with Crippen LogP contribution in [0.3, 0.4) is 0 Å². The second-order valence-corrected chi connectivity index (χ2v) is 6.27. The number of aromatic nitrogens is 3. The fourth-order valence-electron chi connectivity index (χ4n) is 3.15. The normalized spacial score (nSPS) is 17.1. The van der Waals surface area contributed by atoms with E-state index in [9.17, 15) is 4.79 Å². The lowest BCUT2D eigenvalue weighted by Gasteiger charge is -2.25. The van der Waals surface area contributed by atoms with Crippen LogP contribution in [0.25, 0.3) is 0 Å². The number of aryl methyl sites for hydroxylation is 2. The maximum absolute atomic E-state index is 11.1. The zero-order valence-corrected chi connectivity index (χ0v) is 14.4. The Labute approximate surface area is 142 Å². The van der Waals surface area contributed by atoms with Gasteiger partial charge in [0.2, 0.25) is 11.9 Å². The van der Waals surface area contributed by atoms with E-state index in [-0.39, 0.29) is 11.9 Å². The highest BCUT2D eigenvalue weighted by Crippen LogP contribution is 2.33. The van der Waals surface area contributed by atoms with Crippen molar-refractivity contribution in [2.75, 3.05) is 11.4 Å². The van der Waals surface area contributed by atoms with Crippen LogP contribution in [0.2, 0.25) is 0 Å². The molecule has 6 nitrogen and oxygen atoms in total. The second kappa shape index (κ2) is 6.95. The SMILES string of the molecule is CC(=O)NCc1cccc([C@@H]2CCCN2c2nc(C)cc(C)n2)n1. The molecule has 126 valence electrons. The monoisotopic (exact) mass is 325 g/mol. The summed E-state index contributed by atoms with van der Waals surface area (Å²) in [7, 11) is 0. The number of anilines is 1. The largest absolute Gasteiger partial charge is 0.351 e. The Morgan fingerprint density at radius 2 is 2.00 bits per heavy atom. The summed E-state index contributed by atoms with van der Waals surface area (Å²) in [6.07, 6.45) is 2.13. The second-order valence-electron chi connectivity index (χ2n) is 6.27. The zero-order valence-electron chi connectivity index (χ0n) is 14.4. The molecule has 0 aromatic carbocycles. The predicted octanol–water partition coefficient (Wildman–Crippen LogP) is 2.47. The van der Waals surface area contributed by atoms with Gasteiger partial charge in [-0.3, -0.25) is 9.78 Å². The molecule has 6 heteroatoms. The summed E-state index contributed by atoms with van der Waals surface area (Å²) in [4.78, 5) is 27.3. The summed E-state index contributed by atoms with van der Waals surface area (Å²) in [6, 6.07) is 8.15. The summed E-state index contributed by atoms with van der Waals surface area (Å²) < 4.78 is 0. The molecule has 1 N–H and O–H groups in total. The highest BCUT2D eigenvalue weighted by Gasteiger charge is 2.29. The van der Waals surface area contributed by atoms with Gasteiger partial charge in [-0.15, -0.1) is 0 Å². The third-order valence-corrected chi connectivity index (χ3v) is 4.17. The van der Waals surface area contributed by atoms with Crippen molar-refractivity contribution in [2.24, 2.45) is 0 Å². The Kier molecular flexibility index (Phi) is 4.74. The molecule has 1 fully saturated rings. The number of amides is 1. The molecule has 1 atom stereocenters. The molecule has 3 heterocycles. The third-order valence-electron chi connectivity index (χ3n) is 4.17. The number of nitrogens with one attached hydrogen (secondary N) is 1. The Morgan fingerprint density at radius 1 is 1.25 bits per heavy atom. The van der Waals surface area contributed by atoms with Crippen molar-refractivity contribution < 1.29 is 4.79 Å². The van der Waals surface area contributed by atoms with Crippen LogP contribution >= 0.6 is 0 Å². The van der Waals surface area contributed by atoms with Crippen LogP contribution < -0.4 is 10.2 Å². The summed E-state index contributed by atoms with van der Waals surface area (Å²) in [5, 5.41) is 2.80. The Morgan fingerprint density at radius 3 is 2.71 bits per heavy atom. The number of hydrogen-bond acceptors (Lipinski definition) is 5. The first-order valence-electron chi connectivity index (χ1n) is 8.32. The van der Waals surface area contributed by atoms with Crippen LogP contribution in [-0.4, -0.2) is 27.4 Å². The van der Waals surface area contributed by atoms with Gasteiger partial charge < -0.3 is 10.2 Å². The van der Waals surface area contributed by atoms with E-state index >= 15 is 0 Å².